The minimum absolute atomic E-state index is 0.149. The number of nitrogens with two attached hydrogens (primary N) is 1. The number of amidine groups is 1. The first-order chi connectivity index (χ1) is 8.11. The molecule has 1 unspecified atom stereocenters. The molecule has 0 aliphatic heterocycles. The first-order valence-corrected chi connectivity index (χ1v) is 5.91. The van der Waals surface area contributed by atoms with Crippen LogP contribution >= 0.6 is 0 Å². The van der Waals surface area contributed by atoms with Gasteiger partial charge in [-0.2, -0.15) is 0 Å². The van der Waals surface area contributed by atoms with Gasteiger partial charge in [-0.15, -0.1) is 0 Å². The lowest BCUT2D eigenvalue weighted by molar-refractivity contribution is 0.318. The second-order valence-electron chi connectivity index (χ2n) is 4.25. The van der Waals surface area contributed by atoms with E-state index in [1.807, 2.05) is 31.3 Å². The van der Waals surface area contributed by atoms with E-state index in [1.54, 1.807) is 0 Å². The number of hydrogen-bond donors (Lipinski definition) is 2. The molecule has 4 nitrogen and oxygen atoms in total. The molecule has 1 aromatic rings. The van der Waals surface area contributed by atoms with Crippen molar-refractivity contribution in [3.63, 3.8) is 0 Å². The summed E-state index contributed by atoms with van der Waals surface area (Å²) >= 11 is 0. The van der Waals surface area contributed by atoms with Crippen molar-refractivity contribution >= 4 is 11.5 Å². The maximum absolute atomic E-state index is 8.78. The van der Waals surface area contributed by atoms with E-state index in [0.717, 1.165) is 24.1 Å². The highest BCUT2D eigenvalue weighted by atomic mass is 16.4. The van der Waals surface area contributed by atoms with Crippen LogP contribution in [0.3, 0.4) is 0 Å². The molecule has 0 radical (unpaired) electrons. The lowest BCUT2D eigenvalue weighted by Crippen LogP contribution is -2.31. The summed E-state index contributed by atoms with van der Waals surface area (Å²) in [5.74, 6) is 0.149. The minimum atomic E-state index is 0.149. The molecule has 0 spiro atoms. The van der Waals surface area contributed by atoms with Gasteiger partial charge in [-0.3, -0.25) is 0 Å². The van der Waals surface area contributed by atoms with E-state index in [1.165, 1.54) is 0 Å². The van der Waals surface area contributed by atoms with Crippen molar-refractivity contribution < 1.29 is 5.21 Å². The van der Waals surface area contributed by atoms with E-state index >= 15 is 0 Å². The minimum Gasteiger partial charge on any atom is -0.409 e. The van der Waals surface area contributed by atoms with Crippen molar-refractivity contribution in [3.05, 3.63) is 29.8 Å². The fraction of sp³-hybridized carbons (Fsp3) is 0.462. The van der Waals surface area contributed by atoms with Gasteiger partial charge in [-0.05, 0) is 25.5 Å². The lowest BCUT2D eigenvalue weighted by Gasteiger charge is -2.28. The topological polar surface area (TPSA) is 61.8 Å². The van der Waals surface area contributed by atoms with Gasteiger partial charge in [-0.25, -0.2) is 0 Å². The summed E-state index contributed by atoms with van der Waals surface area (Å²) in [6, 6.07) is 8.11. The SMILES string of the molecule is CCCC(C)N(C)c1ccccc1/C(N)=N/O. The van der Waals surface area contributed by atoms with Crippen LogP contribution in [-0.4, -0.2) is 24.1 Å². The van der Waals surface area contributed by atoms with E-state index in [9.17, 15) is 0 Å². The van der Waals surface area contributed by atoms with Crippen LogP contribution in [0.1, 0.15) is 32.3 Å². The molecule has 94 valence electrons. The normalized spacial score (nSPS) is 13.5. The summed E-state index contributed by atoms with van der Waals surface area (Å²) in [7, 11) is 2.03. The van der Waals surface area contributed by atoms with E-state index in [0.29, 0.717) is 6.04 Å². The number of benzene rings is 1. The smallest absolute Gasteiger partial charge is 0.172 e. The van der Waals surface area contributed by atoms with Gasteiger partial charge in [0.05, 0.1) is 0 Å². The second-order valence-corrected chi connectivity index (χ2v) is 4.25. The van der Waals surface area contributed by atoms with Crippen LogP contribution in [0.25, 0.3) is 0 Å². The van der Waals surface area contributed by atoms with Gasteiger partial charge in [0.15, 0.2) is 5.84 Å². The third kappa shape index (κ3) is 3.12. The Balaban J connectivity index is 3.04. The Morgan fingerprint density at radius 1 is 1.47 bits per heavy atom. The van der Waals surface area contributed by atoms with Crippen molar-refractivity contribution in [2.75, 3.05) is 11.9 Å². The summed E-state index contributed by atoms with van der Waals surface area (Å²) in [5, 5.41) is 11.9. The van der Waals surface area contributed by atoms with Crippen LogP contribution in [0.5, 0.6) is 0 Å². The van der Waals surface area contributed by atoms with E-state index in [2.05, 4.69) is 23.9 Å². The van der Waals surface area contributed by atoms with Gasteiger partial charge in [0.1, 0.15) is 0 Å². The average molecular weight is 235 g/mol. The zero-order valence-corrected chi connectivity index (χ0v) is 10.7. The highest BCUT2D eigenvalue weighted by molar-refractivity contribution is 6.02. The van der Waals surface area contributed by atoms with Gasteiger partial charge in [0.2, 0.25) is 0 Å². The highest BCUT2D eigenvalue weighted by Crippen LogP contribution is 2.22. The average Bonchev–Trinajstić information content (AvgIpc) is 2.37. The fourth-order valence-corrected chi connectivity index (χ4v) is 1.90. The summed E-state index contributed by atoms with van der Waals surface area (Å²) in [6.45, 7) is 4.34. The first-order valence-electron chi connectivity index (χ1n) is 5.91. The molecule has 1 rings (SSSR count). The Labute approximate surface area is 103 Å². The molecule has 0 heterocycles. The largest absolute Gasteiger partial charge is 0.409 e. The van der Waals surface area contributed by atoms with Gasteiger partial charge < -0.3 is 15.8 Å². The molecule has 0 aliphatic rings. The molecule has 1 atom stereocenters. The molecule has 0 aromatic heterocycles. The quantitative estimate of drug-likeness (QED) is 0.356. The Morgan fingerprint density at radius 2 is 2.12 bits per heavy atom. The van der Waals surface area contributed by atoms with Crippen LogP contribution in [0, 0.1) is 0 Å². The molecule has 0 fully saturated rings. The Morgan fingerprint density at radius 3 is 2.71 bits per heavy atom. The third-order valence-corrected chi connectivity index (χ3v) is 3.04. The zero-order chi connectivity index (χ0) is 12.8. The number of para-hydroxylation sites is 1. The van der Waals surface area contributed by atoms with E-state index < -0.39 is 0 Å². The molecule has 0 amide bonds. The maximum Gasteiger partial charge on any atom is 0.172 e. The first kappa shape index (κ1) is 13.4. The van der Waals surface area contributed by atoms with Crippen molar-refractivity contribution in [2.45, 2.75) is 32.7 Å². The van der Waals surface area contributed by atoms with Gasteiger partial charge in [0.25, 0.3) is 0 Å². The fourth-order valence-electron chi connectivity index (χ4n) is 1.90. The van der Waals surface area contributed by atoms with Crippen molar-refractivity contribution in [2.24, 2.45) is 10.9 Å². The van der Waals surface area contributed by atoms with Crippen LogP contribution in [0.4, 0.5) is 5.69 Å². The Kier molecular flexibility index (Phi) is 4.82. The van der Waals surface area contributed by atoms with Gasteiger partial charge in [-0.1, -0.05) is 30.6 Å². The molecule has 0 aliphatic carbocycles. The molecule has 0 bridgehead atoms. The molecule has 0 saturated carbocycles. The highest BCUT2D eigenvalue weighted by Gasteiger charge is 2.14. The predicted octanol–water partition coefficient (Wildman–Crippen LogP) is 2.41. The van der Waals surface area contributed by atoms with Crippen molar-refractivity contribution in [3.8, 4) is 0 Å². The molecular formula is C13H21N3O. The van der Waals surface area contributed by atoms with Crippen molar-refractivity contribution in [1.29, 1.82) is 0 Å². The van der Waals surface area contributed by atoms with Gasteiger partial charge in [0, 0.05) is 24.3 Å². The number of anilines is 1. The molecule has 17 heavy (non-hydrogen) atoms. The van der Waals surface area contributed by atoms with Gasteiger partial charge >= 0.3 is 0 Å². The molecular weight excluding hydrogens is 214 g/mol. The molecule has 1 aromatic carbocycles. The number of rotatable bonds is 5. The summed E-state index contributed by atoms with van der Waals surface area (Å²) < 4.78 is 0. The van der Waals surface area contributed by atoms with Crippen molar-refractivity contribution in [1.82, 2.24) is 0 Å². The Hall–Kier alpha value is -1.71. The molecule has 3 N–H and O–H groups in total. The van der Waals surface area contributed by atoms with Crippen LogP contribution in [-0.2, 0) is 0 Å². The van der Waals surface area contributed by atoms with Crippen LogP contribution in [0.2, 0.25) is 0 Å². The van der Waals surface area contributed by atoms with E-state index in [-0.39, 0.29) is 5.84 Å². The summed E-state index contributed by atoms with van der Waals surface area (Å²) in [4.78, 5) is 2.16. The lowest BCUT2D eigenvalue weighted by atomic mass is 10.1. The zero-order valence-electron chi connectivity index (χ0n) is 10.7. The Bertz CT molecular complexity index is 390. The number of hydrogen-bond acceptors (Lipinski definition) is 3. The molecule has 4 heteroatoms. The standard InChI is InChI=1S/C13H21N3O/c1-4-7-10(2)16(3)12-9-6-5-8-11(12)13(14)15-17/h5-6,8-10,17H,4,7H2,1-3H3,(H2,14,15). The summed E-state index contributed by atoms with van der Waals surface area (Å²) in [5.41, 5.74) is 7.43. The second kappa shape index (κ2) is 6.13. The third-order valence-electron chi connectivity index (χ3n) is 3.04. The summed E-state index contributed by atoms with van der Waals surface area (Å²) in [6.07, 6.45) is 2.25. The molecule has 0 saturated heterocycles. The number of oxime groups is 1. The monoisotopic (exact) mass is 235 g/mol. The van der Waals surface area contributed by atoms with Crippen LogP contribution < -0.4 is 10.6 Å². The van der Waals surface area contributed by atoms with E-state index in [4.69, 9.17) is 10.9 Å². The predicted molar refractivity (Wildman–Crippen MR) is 71.7 cm³/mol. The number of nitrogens with zero attached hydrogens (tertiary/aromatic N) is 2. The maximum atomic E-state index is 8.78. The van der Waals surface area contributed by atoms with Crippen LogP contribution in [0.15, 0.2) is 29.4 Å².